The summed E-state index contributed by atoms with van der Waals surface area (Å²) in [5, 5.41) is 4.85. The molecule has 0 radical (unpaired) electrons. The van der Waals surface area contributed by atoms with Crippen LogP contribution in [-0.2, 0) is 9.59 Å². The number of rotatable bonds is 5. The molecule has 2 N–H and O–H groups in total. The summed E-state index contributed by atoms with van der Waals surface area (Å²) in [7, 11) is 0. The number of anilines is 2. The fraction of sp³-hybridized carbons (Fsp3) is 0.300. The van der Waals surface area contributed by atoms with Crippen LogP contribution in [0.15, 0.2) is 36.4 Å². The average molecular weight is 378 g/mol. The van der Waals surface area contributed by atoms with E-state index in [-0.39, 0.29) is 5.92 Å². The van der Waals surface area contributed by atoms with E-state index < -0.39 is 40.4 Å². The van der Waals surface area contributed by atoms with E-state index in [0.29, 0.717) is 11.8 Å². The van der Waals surface area contributed by atoms with E-state index in [0.717, 1.165) is 11.6 Å². The first-order valence-corrected chi connectivity index (χ1v) is 8.41. The minimum atomic E-state index is -1.69. The van der Waals surface area contributed by atoms with Crippen LogP contribution in [0.2, 0.25) is 0 Å². The van der Waals surface area contributed by atoms with Gasteiger partial charge in [0.05, 0.1) is 5.69 Å². The molecule has 0 aliphatic carbocycles. The lowest BCUT2D eigenvalue weighted by Crippen LogP contribution is -2.42. The normalized spacial score (nSPS) is 11.4. The fourth-order valence-corrected chi connectivity index (χ4v) is 2.40. The second-order valence-corrected chi connectivity index (χ2v) is 7.00. The minimum Gasteiger partial charge on any atom is -0.325 e. The van der Waals surface area contributed by atoms with Crippen molar-refractivity contribution in [3.8, 4) is 0 Å². The molecule has 27 heavy (non-hydrogen) atoms. The number of para-hydroxylation sites is 1. The van der Waals surface area contributed by atoms with Crippen molar-refractivity contribution < 1.29 is 22.8 Å². The molecule has 0 fully saturated rings. The highest BCUT2D eigenvalue weighted by molar-refractivity contribution is 6.14. The van der Waals surface area contributed by atoms with Crippen molar-refractivity contribution in [3.63, 3.8) is 0 Å². The Morgan fingerprint density at radius 2 is 1.41 bits per heavy atom. The zero-order valence-corrected chi connectivity index (χ0v) is 15.5. The number of amides is 2. The van der Waals surface area contributed by atoms with Crippen molar-refractivity contribution in [2.75, 3.05) is 10.6 Å². The van der Waals surface area contributed by atoms with Crippen molar-refractivity contribution >= 4 is 23.2 Å². The van der Waals surface area contributed by atoms with Crippen LogP contribution in [0.3, 0.4) is 0 Å². The lowest BCUT2D eigenvalue weighted by Gasteiger charge is -2.24. The molecule has 0 heterocycles. The Bertz CT molecular complexity index is 880. The third-order valence-corrected chi connectivity index (χ3v) is 4.25. The highest BCUT2D eigenvalue weighted by Crippen LogP contribution is 2.28. The molecule has 0 atom stereocenters. The molecule has 2 aromatic rings. The van der Waals surface area contributed by atoms with Gasteiger partial charge in [0, 0.05) is 5.69 Å². The monoisotopic (exact) mass is 378 g/mol. The van der Waals surface area contributed by atoms with Gasteiger partial charge in [-0.3, -0.25) is 9.59 Å². The maximum atomic E-state index is 13.8. The van der Waals surface area contributed by atoms with Crippen LogP contribution in [0, 0.1) is 22.9 Å². The second-order valence-electron chi connectivity index (χ2n) is 7.00. The van der Waals surface area contributed by atoms with E-state index in [9.17, 15) is 22.8 Å². The number of halogens is 3. The molecule has 7 heteroatoms. The third kappa shape index (κ3) is 4.30. The summed E-state index contributed by atoms with van der Waals surface area (Å²) in [6.07, 6.45) is 0. The molecule has 0 saturated carbocycles. The third-order valence-electron chi connectivity index (χ3n) is 4.25. The van der Waals surface area contributed by atoms with Crippen LogP contribution in [0.1, 0.15) is 39.2 Å². The summed E-state index contributed by atoms with van der Waals surface area (Å²) in [6, 6.07) is 8.77. The smallest absolute Gasteiger partial charge is 0.239 e. The Morgan fingerprint density at radius 1 is 0.852 bits per heavy atom. The molecule has 2 amide bonds. The lowest BCUT2D eigenvalue weighted by molar-refractivity contribution is -0.135. The number of hydrogen-bond donors (Lipinski definition) is 2. The summed E-state index contributed by atoms with van der Waals surface area (Å²) < 4.78 is 40.1. The highest BCUT2D eigenvalue weighted by Gasteiger charge is 2.37. The average Bonchev–Trinajstić information content (AvgIpc) is 2.62. The largest absolute Gasteiger partial charge is 0.325 e. The van der Waals surface area contributed by atoms with E-state index in [1.54, 1.807) is 12.1 Å². The number of benzene rings is 2. The van der Waals surface area contributed by atoms with E-state index in [1.165, 1.54) is 13.8 Å². The number of hydrogen-bond acceptors (Lipinski definition) is 2. The Morgan fingerprint density at radius 3 is 2.00 bits per heavy atom. The molecule has 0 bridgehead atoms. The molecule has 4 nitrogen and oxygen atoms in total. The molecule has 0 aromatic heterocycles. The van der Waals surface area contributed by atoms with Crippen molar-refractivity contribution in [1.82, 2.24) is 0 Å². The van der Waals surface area contributed by atoms with Crippen molar-refractivity contribution in [3.05, 3.63) is 59.4 Å². The molecule has 144 valence electrons. The molecule has 0 spiro atoms. The highest BCUT2D eigenvalue weighted by atomic mass is 19.2. The van der Waals surface area contributed by atoms with Crippen molar-refractivity contribution in [2.24, 2.45) is 5.41 Å². The van der Waals surface area contributed by atoms with Crippen LogP contribution in [-0.4, -0.2) is 11.8 Å². The Labute approximate surface area is 155 Å². The fourth-order valence-electron chi connectivity index (χ4n) is 2.40. The van der Waals surface area contributed by atoms with E-state index in [1.807, 2.05) is 26.0 Å². The zero-order chi connectivity index (χ0) is 20.4. The SMILES string of the molecule is CC(C)c1ccccc1NC(=O)C(C)(C)C(=O)Nc1ccc(F)c(F)c1F. The van der Waals surface area contributed by atoms with Gasteiger partial charge in [-0.25, -0.2) is 13.2 Å². The van der Waals surface area contributed by atoms with Gasteiger partial charge < -0.3 is 10.6 Å². The van der Waals surface area contributed by atoms with Gasteiger partial charge in [-0.05, 0) is 43.5 Å². The van der Waals surface area contributed by atoms with Gasteiger partial charge in [-0.15, -0.1) is 0 Å². The number of nitrogens with one attached hydrogen (secondary N) is 2. The van der Waals surface area contributed by atoms with Crippen LogP contribution < -0.4 is 10.6 Å². The van der Waals surface area contributed by atoms with Crippen LogP contribution in [0.25, 0.3) is 0 Å². The predicted molar refractivity (Wildman–Crippen MR) is 97.9 cm³/mol. The van der Waals surface area contributed by atoms with Gasteiger partial charge in [-0.1, -0.05) is 32.0 Å². The van der Waals surface area contributed by atoms with Crippen LogP contribution in [0.4, 0.5) is 24.5 Å². The number of carbonyl (C=O) groups excluding carboxylic acids is 2. The molecule has 0 aliphatic heterocycles. The van der Waals surface area contributed by atoms with Gasteiger partial charge in [0.2, 0.25) is 11.8 Å². The standard InChI is InChI=1S/C20H21F3N2O2/c1-11(2)12-7-5-6-8-14(12)24-18(26)20(3,4)19(27)25-15-10-9-13(21)16(22)17(15)23/h5-11H,1-4H3,(H,24,26)(H,25,27). The van der Waals surface area contributed by atoms with Gasteiger partial charge in [0.15, 0.2) is 17.5 Å². The second kappa shape index (κ2) is 7.82. The van der Waals surface area contributed by atoms with Gasteiger partial charge in [0.1, 0.15) is 5.41 Å². The molecule has 0 aliphatic rings. The maximum absolute atomic E-state index is 13.8. The topological polar surface area (TPSA) is 58.2 Å². The van der Waals surface area contributed by atoms with Gasteiger partial charge in [0.25, 0.3) is 0 Å². The first-order chi connectivity index (χ1) is 12.6. The molecule has 0 saturated heterocycles. The first-order valence-electron chi connectivity index (χ1n) is 8.41. The van der Waals surface area contributed by atoms with E-state index in [4.69, 9.17) is 0 Å². The zero-order valence-electron chi connectivity index (χ0n) is 15.5. The molecule has 2 rings (SSSR count). The molecular weight excluding hydrogens is 357 g/mol. The Hall–Kier alpha value is -2.83. The summed E-state index contributed by atoms with van der Waals surface area (Å²) in [6.45, 7) is 6.64. The summed E-state index contributed by atoms with van der Waals surface area (Å²) in [4.78, 5) is 25.1. The predicted octanol–water partition coefficient (Wildman–Crippen LogP) is 4.83. The van der Waals surface area contributed by atoms with E-state index in [2.05, 4.69) is 10.6 Å². The van der Waals surface area contributed by atoms with Crippen molar-refractivity contribution in [2.45, 2.75) is 33.6 Å². The summed E-state index contributed by atoms with van der Waals surface area (Å²) in [5.74, 6) is -5.91. The molecular formula is C20H21F3N2O2. The maximum Gasteiger partial charge on any atom is 0.239 e. The van der Waals surface area contributed by atoms with Gasteiger partial charge >= 0.3 is 0 Å². The summed E-state index contributed by atoms with van der Waals surface area (Å²) in [5.41, 5.74) is -0.671. The minimum absolute atomic E-state index is 0.148. The van der Waals surface area contributed by atoms with Gasteiger partial charge in [-0.2, -0.15) is 0 Å². The number of carbonyl (C=O) groups is 2. The van der Waals surface area contributed by atoms with Crippen LogP contribution in [0.5, 0.6) is 0 Å². The molecule has 0 unspecified atom stereocenters. The van der Waals surface area contributed by atoms with Crippen LogP contribution >= 0.6 is 0 Å². The lowest BCUT2D eigenvalue weighted by atomic mass is 9.90. The molecule has 2 aromatic carbocycles. The van der Waals surface area contributed by atoms with Crippen molar-refractivity contribution in [1.29, 1.82) is 0 Å². The quantitative estimate of drug-likeness (QED) is 0.578. The Kier molecular flexibility index (Phi) is 5.93. The Balaban J connectivity index is 2.21. The first kappa shape index (κ1) is 20.5. The van der Waals surface area contributed by atoms with E-state index >= 15 is 0 Å². The summed E-state index contributed by atoms with van der Waals surface area (Å²) >= 11 is 0.